The molecule has 0 fully saturated rings. The van der Waals surface area contributed by atoms with Crippen molar-refractivity contribution in [3.8, 4) is 11.5 Å². The Morgan fingerprint density at radius 3 is 2.13 bits per heavy atom. The Balaban J connectivity index is 2.29. The van der Waals surface area contributed by atoms with Crippen molar-refractivity contribution in [1.82, 2.24) is 5.32 Å². The van der Waals surface area contributed by atoms with Gasteiger partial charge < -0.3 is 14.8 Å². The van der Waals surface area contributed by atoms with E-state index in [1.807, 2.05) is 31.2 Å². The molecular formula is C12H19NO2. The van der Waals surface area contributed by atoms with E-state index < -0.39 is 0 Å². The molecule has 0 unspecified atom stereocenters. The second-order valence-corrected chi connectivity index (χ2v) is 3.11. The number of ether oxygens (including phenoxy) is 2. The summed E-state index contributed by atoms with van der Waals surface area (Å²) in [6, 6.07) is 7.70. The summed E-state index contributed by atoms with van der Waals surface area (Å²) in [7, 11) is 0. The maximum Gasteiger partial charge on any atom is 0.119 e. The molecule has 0 saturated heterocycles. The Bertz CT molecular complexity index is 259. The normalized spacial score (nSPS) is 10.0. The van der Waals surface area contributed by atoms with E-state index in [0.717, 1.165) is 24.6 Å². The molecule has 0 radical (unpaired) electrons. The van der Waals surface area contributed by atoms with Crippen molar-refractivity contribution >= 4 is 0 Å². The van der Waals surface area contributed by atoms with Gasteiger partial charge in [-0.2, -0.15) is 0 Å². The third-order valence-corrected chi connectivity index (χ3v) is 1.93. The lowest BCUT2D eigenvalue weighted by Gasteiger charge is -2.07. The maximum absolute atomic E-state index is 5.52. The topological polar surface area (TPSA) is 30.5 Å². The Kier molecular flexibility index (Phi) is 5.63. The van der Waals surface area contributed by atoms with Gasteiger partial charge in [-0.3, -0.25) is 0 Å². The molecule has 0 atom stereocenters. The van der Waals surface area contributed by atoms with Gasteiger partial charge >= 0.3 is 0 Å². The third-order valence-electron chi connectivity index (χ3n) is 1.93. The van der Waals surface area contributed by atoms with Crippen molar-refractivity contribution in [3.63, 3.8) is 0 Å². The molecule has 0 heterocycles. The van der Waals surface area contributed by atoms with Gasteiger partial charge in [0.05, 0.1) is 6.61 Å². The van der Waals surface area contributed by atoms with Crippen LogP contribution in [-0.2, 0) is 0 Å². The highest BCUT2D eigenvalue weighted by Gasteiger charge is 1.94. The second-order valence-electron chi connectivity index (χ2n) is 3.11. The zero-order chi connectivity index (χ0) is 10.9. The average molecular weight is 209 g/mol. The first kappa shape index (κ1) is 11.9. The van der Waals surface area contributed by atoms with E-state index in [4.69, 9.17) is 9.47 Å². The molecule has 0 aliphatic rings. The van der Waals surface area contributed by atoms with Gasteiger partial charge in [0, 0.05) is 6.54 Å². The minimum Gasteiger partial charge on any atom is -0.494 e. The van der Waals surface area contributed by atoms with E-state index in [2.05, 4.69) is 12.2 Å². The molecule has 1 aromatic carbocycles. The molecule has 0 aliphatic heterocycles. The molecule has 0 aromatic heterocycles. The summed E-state index contributed by atoms with van der Waals surface area (Å²) in [5, 5.41) is 3.20. The summed E-state index contributed by atoms with van der Waals surface area (Å²) in [5.74, 6) is 1.77. The van der Waals surface area contributed by atoms with E-state index in [9.17, 15) is 0 Å². The molecule has 84 valence electrons. The van der Waals surface area contributed by atoms with E-state index in [0.29, 0.717) is 13.2 Å². The van der Waals surface area contributed by atoms with Crippen molar-refractivity contribution in [2.75, 3.05) is 26.3 Å². The summed E-state index contributed by atoms with van der Waals surface area (Å²) in [6.07, 6.45) is 0. The molecule has 0 aliphatic carbocycles. The Labute approximate surface area is 91.4 Å². The Morgan fingerprint density at radius 2 is 1.60 bits per heavy atom. The van der Waals surface area contributed by atoms with E-state index in [1.165, 1.54) is 0 Å². The standard InChI is InChI=1S/C12H19NO2/c1-3-13-9-10-15-12-7-5-11(6-8-12)14-4-2/h5-8,13H,3-4,9-10H2,1-2H3. The number of nitrogens with one attached hydrogen (secondary N) is 1. The lowest BCUT2D eigenvalue weighted by molar-refractivity contribution is 0.312. The summed E-state index contributed by atoms with van der Waals surface area (Å²) in [5.41, 5.74) is 0. The summed E-state index contributed by atoms with van der Waals surface area (Å²) in [4.78, 5) is 0. The van der Waals surface area contributed by atoms with Crippen LogP contribution in [0.1, 0.15) is 13.8 Å². The molecule has 1 aromatic rings. The Hall–Kier alpha value is -1.22. The van der Waals surface area contributed by atoms with Gasteiger partial charge in [0.15, 0.2) is 0 Å². The van der Waals surface area contributed by atoms with Crippen LogP contribution in [0.4, 0.5) is 0 Å². The fraction of sp³-hybridized carbons (Fsp3) is 0.500. The second kappa shape index (κ2) is 7.12. The first-order valence-corrected chi connectivity index (χ1v) is 5.43. The van der Waals surface area contributed by atoms with E-state index in [-0.39, 0.29) is 0 Å². The number of rotatable bonds is 7. The number of likely N-dealkylation sites (N-methyl/N-ethyl adjacent to an activating group) is 1. The van der Waals surface area contributed by atoms with Gasteiger partial charge in [-0.1, -0.05) is 6.92 Å². The molecule has 0 saturated carbocycles. The van der Waals surface area contributed by atoms with Crippen molar-refractivity contribution in [3.05, 3.63) is 24.3 Å². The van der Waals surface area contributed by atoms with Gasteiger partial charge in [-0.15, -0.1) is 0 Å². The average Bonchev–Trinajstić information content (AvgIpc) is 2.27. The summed E-state index contributed by atoms with van der Waals surface area (Å²) < 4.78 is 10.9. The number of hydrogen-bond acceptors (Lipinski definition) is 3. The van der Waals surface area contributed by atoms with Crippen molar-refractivity contribution < 1.29 is 9.47 Å². The first-order chi connectivity index (χ1) is 7.36. The van der Waals surface area contributed by atoms with Gasteiger partial charge in [-0.05, 0) is 37.7 Å². The minimum atomic E-state index is 0.695. The monoisotopic (exact) mass is 209 g/mol. The highest BCUT2D eigenvalue weighted by molar-refractivity contribution is 5.31. The highest BCUT2D eigenvalue weighted by Crippen LogP contribution is 2.17. The number of hydrogen-bond donors (Lipinski definition) is 1. The van der Waals surface area contributed by atoms with Crippen molar-refractivity contribution in [2.24, 2.45) is 0 Å². The first-order valence-electron chi connectivity index (χ1n) is 5.43. The van der Waals surface area contributed by atoms with Crippen molar-refractivity contribution in [2.45, 2.75) is 13.8 Å². The van der Waals surface area contributed by atoms with Crippen LogP contribution in [0.25, 0.3) is 0 Å². The molecule has 1 rings (SSSR count). The molecule has 0 amide bonds. The largest absolute Gasteiger partial charge is 0.494 e. The summed E-state index contributed by atoms with van der Waals surface area (Å²) in [6.45, 7) is 7.30. The SMILES string of the molecule is CCNCCOc1ccc(OCC)cc1. The third kappa shape index (κ3) is 4.70. The minimum absolute atomic E-state index is 0.695. The number of benzene rings is 1. The van der Waals surface area contributed by atoms with Crippen molar-refractivity contribution in [1.29, 1.82) is 0 Å². The molecule has 15 heavy (non-hydrogen) atoms. The van der Waals surface area contributed by atoms with Crippen LogP contribution in [0, 0.1) is 0 Å². The van der Waals surface area contributed by atoms with Gasteiger partial charge in [0.25, 0.3) is 0 Å². The van der Waals surface area contributed by atoms with E-state index in [1.54, 1.807) is 0 Å². The zero-order valence-electron chi connectivity index (χ0n) is 9.45. The molecule has 0 spiro atoms. The fourth-order valence-corrected chi connectivity index (χ4v) is 1.22. The van der Waals surface area contributed by atoms with Crippen LogP contribution in [0.15, 0.2) is 24.3 Å². The van der Waals surface area contributed by atoms with Crippen LogP contribution < -0.4 is 14.8 Å². The van der Waals surface area contributed by atoms with Crippen LogP contribution in [0.5, 0.6) is 11.5 Å². The molecule has 0 bridgehead atoms. The lowest BCUT2D eigenvalue weighted by Crippen LogP contribution is -2.20. The predicted molar refractivity (Wildman–Crippen MR) is 61.6 cm³/mol. The quantitative estimate of drug-likeness (QED) is 0.697. The fourth-order valence-electron chi connectivity index (χ4n) is 1.22. The predicted octanol–water partition coefficient (Wildman–Crippen LogP) is 2.07. The van der Waals surface area contributed by atoms with Crippen LogP contribution in [0.2, 0.25) is 0 Å². The molecule has 1 N–H and O–H groups in total. The van der Waals surface area contributed by atoms with Gasteiger partial charge in [-0.25, -0.2) is 0 Å². The van der Waals surface area contributed by atoms with E-state index >= 15 is 0 Å². The maximum atomic E-state index is 5.52. The molecule has 3 heteroatoms. The van der Waals surface area contributed by atoms with Crippen LogP contribution >= 0.6 is 0 Å². The molecular weight excluding hydrogens is 190 g/mol. The summed E-state index contributed by atoms with van der Waals surface area (Å²) >= 11 is 0. The lowest BCUT2D eigenvalue weighted by atomic mass is 10.3. The van der Waals surface area contributed by atoms with Crippen LogP contribution in [-0.4, -0.2) is 26.3 Å². The van der Waals surface area contributed by atoms with Gasteiger partial charge in [0.2, 0.25) is 0 Å². The van der Waals surface area contributed by atoms with Crippen LogP contribution in [0.3, 0.4) is 0 Å². The smallest absolute Gasteiger partial charge is 0.119 e. The molecule has 3 nitrogen and oxygen atoms in total. The van der Waals surface area contributed by atoms with Gasteiger partial charge in [0.1, 0.15) is 18.1 Å². The highest BCUT2D eigenvalue weighted by atomic mass is 16.5. The zero-order valence-corrected chi connectivity index (χ0v) is 9.45. The Morgan fingerprint density at radius 1 is 1.00 bits per heavy atom.